The number of methoxy groups -OCH3 is 1. The lowest BCUT2D eigenvalue weighted by Crippen LogP contribution is -2.38. The maximum atomic E-state index is 16.4. The van der Waals surface area contributed by atoms with Crippen LogP contribution in [-0.2, 0) is 10.3 Å². The van der Waals surface area contributed by atoms with Gasteiger partial charge in [-0.05, 0) is 87.3 Å². The molecule has 0 spiro atoms. The minimum Gasteiger partial charge on any atom is -0.505 e. The number of phenols is 1. The molecule has 0 amide bonds. The number of aromatic nitrogens is 4. The summed E-state index contributed by atoms with van der Waals surface area (Å²) < 4.78 is 36.1. The lowest BCUT2D eigenvalue weighted by molar-refractivity contribution is 0.0669. The van der Waals surface area contributed by atoms with Crippen LogP contribution in [0.4, 0.5) is 4.39 Å². The second kappa shape index (κ2) is 14.1. The Morgan fingerprint density at radius 2 is 1.42 bits per heavy atom. The van der Waals surface area contributed by atoms with Crippen LogP contribution in [0.1, 0.15) is 74.3 Å². The van der Waals surface area contributed by atoms with Crippen molar-refractivity contribution >= 4 is 21.8 Å². The summed E-state index contributed by atoms with van der Waals surface area (Å²) in [5.41, 5.74) is 4.54. The molecule has 1 aliphatic carbocycles. The number of phenolic OH excluding ortho intramolecular Hbond substituents is 1. The van der Waals surface area contributed by atoms with Crippen molar-refractivity contribution in [2.45, 2.75) is 70.6 Å². The molecule has 1 saturated carbocycles. The normalized spacial score (nSPS) is 14.0. The highest BCUT2D eigenvalue weighted by molar-refractivity contribution is 6.04. The van der Waals surface area contributed by atoms with Crippen LogP contribution in [0.5, 0.6) is 17.6 Å². The van der Waals surface area contributed by atoms with Crippen LogP contribution >= 0.6 is 0 Å². The first kappa shape index (κ1) is 36.2. The molecule has 8 nitrogen and oxygen atoms in total. The van der Waals surface area contributed by atoms with E-state index in [4.69, 9.17) is 24.3 Å². The highest BCUT2D eigenvalue weighted by Crippen LogP contribution is 2.53. The maximum Gasteiger partial charge on any atom is 0.320 e. The lowest BCUT2D eigenvalue weighted by atomic mass is 9.77. The van der Waals surface area contributed by atoms with Crippen molar-refractivity contribution in [3.05, 3.63) is 143 Å². The Kier molecular flexibility index (Phi) is 9.29. The quantitative estimate of drug-likeness (QED) is 0.132. The van der Waals surface area contributed by atoms with Crippen molar-refractivity contribution in [3.63, 3.8) is 0 Å². The van der Waals surface area contributed by atoms with Gasteiger partial charge in [0.2, 0.25) is 5.88 Å². The van der Waals surface area contributed by atoms with Gasteiger partial charge in [0.1, 0.15) is 34.8 Å². The molecule has 5 aromatic carbocycles. The van der Waals surface area contributed by atoms with E-state index in [0.29, 0.717) is 38.9 Å². The first-order chi connectivity index (χ1) is 26.5. The second-order valence-electron chi connectivity index (χ2n) is 15.4. The van der Waals surface area contributed by atoms with Crippen LogP contribution in [0, 0.1) is 12.7 Å². The number of ether oxygens (including phenoxy) is 3. The van der Waals surface area contributed by atoms with Crippen LogP contribution in [-0.4, -0.2) is 50.3 Å². The Balaban J connectivity index is 1.43. The Morgan fingerprint density at radius 1 is 0.836 bits per heavy atom. The van der Waals surface area contributed by atoms with E-state index < -0.39 is 17.0 Å². The number of benzene rings is 5. The SMILES string of the molecule is CO[C@@H](C)COc1nc(OC(C)(C)C)c2cc(C3CC3)c(-c3c(C)c(F)cc4nn(C(c5ccccc5)(c5ccccc5)c5ccccc5)cc34)c(O)c2n1. The summed E-state index contributed by atoms with van der Waals surface area (Å²) in [4.78, 5) is 9.40. The minimum absolute atomic E-state index is 0.0448. The molecular formula is C46H45FN4O4. The molecule has 0 radical (unpaired) electrons. The Labute approximate surface area is 320 Å². The van der Waals surface area contributed by atoms with E-state index in [2.05, 4.69) is 41.4 Å². The molecule has 7 aromatic rings. The highest BCUT2D eigenvalue weighted by Gasteiger charge is 2.40. The van der Waals surface area contributed by atoms with Gasteiger partial charge in [0.25, 0.3) is 0 Å². The standard InChI is InChI=1S/C46H45FN4O4/c1-28(53-6)27-54-44-48-41-35(43(49-44)55-45(3,4)5)24-34(30-22-23-30)40(42(41)52)39-29(2)37(47)25-38-36(39)26-51(50-38)46(31-16-10-7-11-17-31,32-18-12-8-13-19-32)33-20-14-9-15-21-33/h7-21,24-26,28,30,52H,22-23,27H2,1-6H3/t28-/m0/s1. The van der Waals surface area contributed by atoms with Crippen molar-refractivity contribution in [1.82, 2.24) is 19.7 Å². The van der Waals surface area contributed by atoms with E-state index in [1.807, 2.05) is 99.2 Å². The van der Waals surface area contributed by atoms with E-state index >= 15 is 4.39 Å². The molecule has 9 heteroatoms. The van der Waals surface area contributed by atoms with Gasteiger partial charge in [0.15, 0.2) is 0 Å². The average molecular weight is 737 g/mol. The van der Waals surface area contributed by atoms with E-state index in [1.54, 1.807) is 14.0 Å². The third kappa shape index (κ3) is 6.56. The molecule has 1 fully saturated rings. The molecule has 1 atom stereocenters. The van der Waals surface area contributed by atoms with Gasteiger partial charge >= 0.3 is 6.01 Å². The zero-order valence-electron chi connectivity index (χ0n) is 32.0. The Hall–Kier alpha value is -5.80. The molecule has 0 saturated heterocycles. The summed E-state index contributed by atoms with van der Waals surface area (Å²) in [5, 5.41) is 19.0. The number of aromatic hydroxyl groups is 1. The van der Waals surface area contributed by atoms with Gasteiger partial charge in [0, 0.05) is 35.9 Å². The topological polar surface area (TPSA) is 91.5 Å². The molecule has 0 aliphatic heterocycles. The van der Waals surface area contributed by atoms with Crippen LogP contribution in [0.3, 0.4) is 0 Å². The van der Waals surface area contributed by atoms with Crippen molar-refractivity contribution in [3.8, 4) is 28.8 Å². The lowest BCUT2D eigenvalue weighted by Gasteiger charge is -2.36. The third-order valence-electron chi connectivity index (χ3n) is 10.4. The molecule has 0 unspecified atom stereocenters. The monoisotopic (exact) mass is 736 g/mol. The fourth-order valence-electron chi connectivity index (χ4n) is 7.56. The Bertz CT molecular complexity index is 2400. The highest BCUT2D eigenvalue weighted by atomic mass is 19.1. The molecule has 1 N–H and O–H groups in total. The van der Waals surface area contributed by atoms with Crippen LogP contribution in [0.15, 0.2) is 109 Å². The van der Waals surface area contributed by atoms with Crippen molar-refractivity contribution in [1.29, 1.82) is 0 Å². The number of rotatable bonds is 11. The van der Waals surface area contributed by atoms with Gasteiger partial charge in [-0.3, -0.25) is 4.68 Å². The molecule has 280 valence electrons. The smallest absolute Gasteiger partial charge is 0.320 e. The molecular weight excluding hydrogens is 692 g/mol. The van der Waals surface area contributed by atoms with Gasteiger partial charge < -0.3 is 19.3 Å². The van der Waals surface area contributed by atoms with E-state index in [9.17, 15) is 5.11 Å². The zero-order valence-corrected chi connectivity index (χ0v) is 32.0. The van der Waals surface area contributed by atoms with Crippen LogP contribution in [0.2, 0.25) is 0 Å². The maximum absolute atomic E-state index is 16.4. The molecule has 55 heavy (non-hydrogen) atoms. The number of hydrogen-bond donors (Lipinski definition) is 1. The van der Waals surface area contributed by atoms with Crippen LogP contribution < -0.4 is 9.47 Å². The Morgan fingerprint density at radius 3 is 1.95 bits per heavy atom. The van der Waals surface area contributed by atoms with Gasteiger partial charge in [-0.15, -0.1) is 0 Å². The van der Waals surface area contributed by atoms with Crippen molar-refractivity contribution in [2.24, 2.45) is 0 Å². The van der Waals surface area contributed by atoms with E-state index in [0.717, 1.165) is 35.1 Å². The summed E-state index contributed by atoms with van der Waals surface area (Å²) >= 11 is 0. The van der Waals surface area contributed by atoms with E-state index in [1.165, 1.54) is 6.07 Å². The number of nitrogens with zero attached hydrogens (tertiary/aromatic N) is 4. The van der Waals surface area contributed by atoms with E-state index in [-0.39, 0.29) is 35.9 Å². The number of fused-ring (bicyclic) bond motifs is 2. The summed E-state index contributed by atoms with van der Waals surface area (Å²) in [7, 11) is 1.61. The van der Waals surface area contributed by atoms with Gasteiger partial charge in [-0.25, -0.2) is 4.39 Å². The number of halogens is 1. The summed E-state index contributed by atoms with van der Waals surface area (Å²) in [5.74, 6) is -0.0613. The van der Waals surface area contributed by atoms with Crippen molar-refractivity contribution < 1.29 is 23.7 Å². The third-order valence-corrected chi connectivity index (χ3v) is 10.4. The molecule has 2 heterocycles. The number of hydrogen-bond acceptors (Lipinski definition) is 7. The summed E-state index contributed by atoms with van der Waals surface area (Å²) in [6, 6.07) is 34.3. The summed E-state index contributed by atoms with van der Waals surface area (Å²) in [6.07, 6.45) is 3.64. The fourth-order valence-corrected chi connectivity index (χ4v) is 7.56. The van der Waals surface area contributed by atoms with Gasteiger partial charge in [-0.2, -0.15) is 15.1 Å². The predicted molar refractivity (Wildman–Crippen MR) is 214 cm³/mol. The predicted octanol–water partition coefficient (Wildman–Crippen LogP) is 10.1. The van der Waals surface area contributed by atoms with Crippen LogP contribution in [0.25, 0.3) is 32.9 Å². The average Bonchev–Trinajstić information content (AvgIpc) is 3.95. The van der Waals surface area contributed by atoms with Gasteiger partial charge in [-0.1, -0.05) is 91.0 Å². The minimum atomic E-state index is -0.923. The fraction of sp³-hybridized carbons (Fsp3) is 0.283. The molecule has 0 bridgehead atoms. The molecule has 1 aliphatic rings. The zero-order chi connectivity index (χ0) is 38.5. The largest absolute Gasteiger partial charge is 0.505 e. The molecule has 2 aromatic heterocycles. The van der Waals surface area contributed by atoms with Crippen molar-refractivity contribution in [2.75, 3.05) is 13.7 Å². The first-order valence-corrected chi connectivity index (χ1v) is 18.8. The first-order valence-electron chi connectivity index (χ1n) is 18.8. The summed E-state index contributed by atoms with van der Waals surface area (Å²) in [6.45, 7) is 9.65. The second-order valence-corrected chi connectivity index (χ2v) is 15.4. The molecule has 8 rings (SSSR count). The van der Waals surface area contributed by atoms with Gasteiger partial charge in [0.05, 0.1) is 17.0 Å².